The Labute approximate surface area is 124 Å². The van der Waals surface area contributed by atoms with Gasteiger partial charge in [0.1, 0.15) is 0 Å². The number of hydrogen-bond donors (Lipinski definition) is 0. The molecule has 0 radical (unpaired) electrons. The van der Waals surface area contributed by atoms with Crippen molar-refractivity contribution < 1.29 is 14.3 Å². The lowest BCUT2D eigenvalue weighted by molar-refractivity contribution is -0.0380. The van der Waals surface area contributed by atoms with Gasteiger partial charge in [-0.2, -0.15) is 0 Å². The Morgan fingerprint density at radius 2 is 1.52 bits per heavy atom. The smallest absolute Gasteiger partial charge is 0.261 e. The van der Waals surface area contributed by atoms with Crippen molar-refractivity contribution >= 4 is 11.8 Å². The molecule has 2 atom stereocenters. The Kier molecular flexibility index (Phi) is 3.78. The first-order valence-electron chi connectivity index (χ1n) is 7.38. The minimum absolute atomic E-state index is 0.177. The molecule has 0 saturated carbocycles. The van der Waals surface area contributed by atoms with Gasteiger partial charge >= 0.3 is 0 Å². The van der Waals surface area contributed by atoms with Crippen molar-refractivity contribution in [3.05, 3.63) is 35.4 Å². The van der Waals surface area contributed by atoms with Crippen molar-refractivity contribution in [2.24, 2.45) is 0 Å². The van der Waals surface area contributed by atoms with Crippen molar-refractivity contribution in [3.8, 4) is 0 Å². The molecule has 5 nitrogen and oxygen atoms in total. The van der Waals surface area contributed by atoms with E-state index in [9.17, 15) is 9.59 Å². The van der Waals surface area contributed by atoms with E-state index in [0.717, 1.165) is 0 Å². The third kappa shape index (κ3) is 2.47. The first-order chi connectivity index (χ1) is 10.1. The molecule has 1 aromatic rings. The van der Waals surface area contributed by atoms with Gasteiger partial charge in [-0.05, 0) is 26.0 Å². The summed E-state index contributed by atoms with van der Waals surface area (Å²) in [5, 5.41) is 0. The van der Waals surface area contributed by atoms with Gasteiger partial charge in [0.05, 0.1) is 24.3 Å². The Bertz CT molecular complexity index is 527. The SMILES string of the molecule is CC1COCC(C)N1CCN1C(=O)c2ccccc2C1=O. The van der Waals surface area contributed by atoms with E-state index in [1.165, 1.54) is 4.90 Å². The number of hydrogen-bond acceptors (Lipinski definition) is 4. The molecule has 112 valence electrons. The predicted molar refractivity (Wildman–Crippen MR) is 78.3 cm³/mol. The average molecular weight is 288 g/mol. The molecule has 3 rings (SSSR count). The standard InChI is InChI=1S/C16H20N2O3/c1-11-9-21-10-12(2)17(11)7-8-18-15(19)13-5-3-4-6-14(13)16(18)20/h3-6,11-12H,7-10H2,1-2H3. The van der Waals surface area contributed by atoms with Gasteiger partial charge in [-0.3, -0.25) is 19.4 Å². The van der Waals surface area contributed by atoms with Crippen molar-refractivity contribution in [1.29, 1.82) is 0 Å². The summed E-state index contributed by atoms with van der Waals surface area (Å²) in [4.78, 5) is 28.3. The molecule has 0 aliphatic carbocycles. The minimum Gasteiger partial charge on any atom is -0.378 e. The van der Waals surface area contributed by atoms with Crippen molar-refractivity contribution in [2.45, 2.75) is 25.9 Å². The number of amides is 2. The van der Waals surface area contributed by atoms with Crippen LogP contribution < -0.4 is 0 Å². The highest BCUT2D eigenvalue weighted by molar-refractivity contribution is 6.21. The van der Waals surface area contributed by atoms with Crippen LogP contribution in [0.3, 0.4) is 0 Å². The maximum atomic E-state index is 12.3. The summed E-state index contributed by atoms with van der Waals surface area (Å²) >= 11 is 0. The largest absolute Gasteiger partial charge is 0.378 e. The Morgan fingerprint density at radius 1 is 1.00 bits per heavy atom. The maximum absolute atomic E-state index is 12.3. The van der Waals surface area contributed by atoms with Crippen LogP contribution in [0, 0.1) is 0 Å². The molecule has 2 aliphatic rings. The van der Waals surface area contributed by atoms with Crippen LogP contribution in [0.15, 0.2) is 24.3 Å². The minimum atomic E-state index is -0.177. The highest BCUT2D eigenvalue weighted by Gasteiger charge is 2.36. The zero-order chi connectivity index (χ0) is 15.0. The second kappa shape index (κ2) is 5.58. The van der Waals surface area contributed by atoms with Crippen LogP contribution in [-0.4, -0.2) is 60.0 Å². The monoisotopic (exact) mass is 288 g/mol. The number of carbonyl (C=O) groups is 2. The number of fused-ring (bicyclic) bond motifs is 1. The zero-order valence-corrected chi connectivity index (χ0v) is 12.4. The molecular weight excluding hydrogens is 268 g/mol. The summed E-state index contributed by atoms with van der Waals surface area (Å²) in [6.07, 6.45) is 0. The fourth-order valence-corrected chi connectivity index (χ4v) is 3.13. The summed E-state index contributed by atoms with van der Waals surface area (Å²) in [7, 11) is 0. The van der Waals surface area contributed by atoms with Gasteiger partial charge in [-0.1, -0.05) is 12.1 Å². The van der Waals surface area contributed by atoms with Crippen LogP contribution >= 0.6 is 0 Å². The highest BCUT2D eigenvalue weighted by atomic mass is 16.5. The van der Waals surface area contributed by atoms with Gasteiger partial charge in [-0.25, -0.2) is 0 Å². The van der Waals surface area contributed by atoms with Gasteiger partial charge in [0.25, 0.3) is 11.8 Å². The Morgan fingerprint density at radius 3 is 2.05 bits per heavy atom. The first-order valence-corrected chi connectivity index (χ1v) is 7.38. The molecule has 2 amide bonds. The quantitative estimate of drug-likeness (QED) is 0.789. The molecular formula is C16H20N2O3. The molecule has 0 N–H and O–H groups in total. The molecule has 1 saturated heterocycles. The lowest BCUT2D eigenvalue weighted by atomic mass is 10.1. The molecule has 5 heteroatoms. The fourth-order valence-electron chi connectivity index (χ4n) is 3.13. The zero-order valence-electron chi connectivity index (χ0n) is 12.4. The summed E-state index contributed by atoms with van der Waals surface area (Å²) in [5.74, 6) is -0.353. The number of carbonyl (C=O) groups excluding carboxylic acids is 2. The van der Waals surface area contributed by atoms with Crippen LogP contribution in [0.4, 0.5) is 0 Å². The molecule has 1 fully saturated rings. The lowest BCUT2D eigenvalue weighted by Crippen LogP contribution is -2.52. The number of ether oxygens (including phenoxy) is 1. The summed E-state index contributed by atoms with van der Waals surface area (Å²) in [6.45, 7) is 6.74. The second-order valence-electron chi connectivity index (χ2n) is 5.78. The van der Waals surface area contributed by atoms with E-state index in [0.29, 0.717) is 49.5 Å². The summed E-state index contributed by atoms with van der Waals surface area (Å²) < 4.78 is 5.50. The van der Waals surface area contributed by atoms with E-state index in [1.807, 2.05) is 0 Å². The summed E-state index contributed by atoms with van der Waals surface area (Å²) in [5.41, 5.74) is 1.04. The van der Waals surface area contributed by atoms with Crippen LogP contribution in [0.5, 0.6) is 0 Å². The second-order valence-corrected chi connectivity index (χ2v) is 5.78. The normalized spacial score (nSPS) is 26.3. The van der Waals surface area contributed by atoms with Crippen molar-refractivity contribution in [1.82, 2.24) is 9.80 Å². The summed E-state index contributed by atoms with van der Waals surface area (Å²) in [6, 6.07) is 7.64. The molecule has 2 heterocycles. The van der Waals surface area contributed by atoms with E-state index < -0.39 is 0 Å². The maximum Gasteiger partial charge on any atom is 0.261 e. The van der Waals surface area contributed by atoms with Gasteiger partial charge in [0, 0.05) is 25.2 Å². The highest BCUT2D eigenvalue weighted by Crippen LogP contribution is 2.22. The number of nitrogens with zero attached hydrogens (tertiary/aromatic N) is 2. The van der Waals surface area contributed by atoms with Crippen molar-refractivity contribution in [2.75, 3.05) is 26.3 Å². The predicted octanol–water partition coefficient (Wildman–Crippen LogP) is 1.39. The molecule has 2 unspecified atom stereocenters. The van der Waals surface area contributed by atoms with E-state index in [1.54, 1.807) is 24.3 Å². The van der Waals surface area contributed by atoms with E-state index in [-0.39, 0.29) is 11.8 Å². The van der Waals surface area contributed by atoms with Gasteiger partial charge in [0.15, 0.2) is 0 Å². The topological polar surface area (TPSA) is 49.9 Å². The van der Waals surface area contributed by atoms with E-state index in [4.69, 9.17) is 4.74 Å². The van der Waals surface area contributed by atoms with Crippen LogP contribution in [0.1, 0.15) is 34.6 Å². The number of morpholine rings is 1. The first kappa shape index (κ1) is 14.2. The van der Waals surface area contributed by atoms with E-state index in [2.05, 4.69) is 18.7 Å². The van der Waals surface area contributed by atoms with Crippen LogP contribution in [-0.2, 0) is 4.74 Å². The Hall–Kier alpha value is -1.72. The molecule has 21 heavy (non-hydrogen) atoms. The molecule has 1 aromatic carbocycles. The number of imide groups is 1. The molecule has 2 aliphatic heterocycles. The van der Waals surface area contributed by atoms with E-state index >= 15 is 0 Å². The van der Waals surface area contributed by atoms with Gasteiger partial charge in [0.2, 0.25) is 0 Å². The fraction of sp³-hybridized carbons (Fsp3) is 0.500. The molecule has 0 spiro atoms. The number of rotatable bonds is 3. The average Bonchev–Trinajstić information content (AvgIpc) is 2.72. The Balaban J connectivity index is 1.69. The lowest BCUT2D eigenvalue weighted by Gasteiger charge is -2.39. The van der Waals surface area contributed by atoms with Crippen LogP contribution in [0.25, 0.3) is 0 Å². The number of benzene rings is 1. The van der Waals surface area contributed by atoms with Crippen LogP contribution in [0.2, 0.25) is 0 Å². The third-order valence-electron chi connectivity index (χ3n) is 4.31. The van der Waals surface area contributed by atoms with Gasteiger partial charge < -0.3 is 4.74 Å². The molecule has 0 bridgehead atoms. The molecule has 0 aromatic heterocycles. The van der Waals surface area contributed by atoms with Crippen molar-refractivity contribution in [3.63, 3.8) is 0 Å². The third-order valence-corrected chi connectivity index (χ3v) is 4.31. The van der Waals surface area contributed by atoms with Gasteiger partial charge in [-0.15, -0.1) is 0 Å².